The van der Waals surface area contributed by atoms with E-state index in [1.54, 1.807) is 43.3 Å². The van der Waals surface area contributed by atoms with Crippen LogP contribution in [0.4, 0.5) is 4.39 Å². The number of rotatable bonds is 4. The maximum atomic E-state index is 13.0. The Hall–Kier alpha value is -2.71. The lowest BCUT2D eigenvalue weighted by Crippen LogP contribution is -2.43. The second-order valence-corrected chi connectivity index (χ2v) is 9.93. The van der Waals surface area contributed by atoms with Gasteiger partial charge in [-0.25, -0.2) is 4.39 Å². The average Bonchev–Trinajstić information content (AvgIpc) is 3.02. The number of halogens is 2. The number of sulfonamides is 1. The molecule has 168 valence electrons. The normalized spacial score (nSPS) is 18.6. The first kappa shape index (κ1) is 22.5. The number of carbonyl (C=O) groups is 1. The van der Waals surface area contributed by atoms with Gasteiger partial charge in [-0.3, -0.25) is 4.79 Å². The van der Waals surface area contributed by atoms with Gasteiger partial charge in [0.15, 0.2) is 0 Å². The molecule has 2 heterocycles. The summed E-state index contributed by atoms with van der Waals surface area (Å²) in [7, 11) is -3.80. The van der Waals surface area contributed by atoms with Gasteiger partial charge in [0, 0.05) is 36.1 Å². The molecule has 0 atom stereocenters. The number of likely N-dealkylation sites (tertiary alicyclic amines) is 1. The summed E-state index contributed by atoms with van der Waals surface area (Å²) in [6.07, 6.45) is 1.19. The first-order valence-electron chi connectivity index (χ1n) is 10.3. The van der Waals surface area contributed by atoms with Crippen LogP contribution in [0.15, 0.2) is 58.5 Å². The van der Waals surface area contributed by atoms with E-state index < -0.39 is 10.0 Å². The molecule has 32 heavy (non-hydrogen) atoms. The van der Waals surface area contributed by atoms with Crippen LogP contribution in [0, 0.1) is 11.7 Å². The zero-order chi connectivity index (χ0) is 22.9. The predicted octanol–water partition coefficient (Wildman–Crippen LogP) is 3.98. The number of nitrogens with zero attached hydrogens (tertiary/aromatic N) is 2. The zero-order valence-corrected chi connectivity index (χ0v) is 19.1. The number of nitrogens with one attached hydrogen (secondary N) is 1. The van der Waals surface area contributed by atoms with E-state index in [0.29, 0.717) is 54.5 Å². The van der Waals surface area contributed by atoms with Gasteiger partial charge in [0.25, 0.3) is 10.0 Å². The van der Waals surface area contributed by atoms with Crippen LogP contribution in [-0.2, 0) is 21.4 Å². The van der Waals surface area contributed by atoms with Crippen LogP contribution in [0.2, 0.25) is 5.02 Å². The minimum atomic E-state index is -3.80. The molecule has 0 bridgehead atoms. The van der Waals surface area contributed by atoms with E-state index >= 15 is 0 Å². The van der Waals surface area contributed by atoms with Gasteiger partial charge in [-0.05, 0) is 55.2 Å². The van der Waals surface area contributed by atoms with Gasteiger partial charge in [-0.2, -0.15) is 8.42 Å². The molecule has 1 N–H and O–H groups in total. The molecule has 2 aromatic rings. The summed E-state index contributed by atoms with van der Waals surface area (Å²) in [5.41, 5.74) is 1.99. The fraction of sp³-hybridized carbons (Fsp3) is 0.304. The molecule has 9 heteroatoms. The van der Waals surface area contributed by atoms with E-state index in [0.717, 1.165) is 5.56 Å². The van der Waals surface area contributed by atoms with E-state index in [1.165, 1.54) is 12.1 Å². The molecular weight excluding hydrogens is 453 g/mol. The molecule has 0 saturated carbocycles. The summed E-state index contributed by atoms with van der Waals surface area (Å²) < 4.78 is 42.5. The molecule has 4 rings (SSSR count). The summed E-state index contributed by atoms with van der Waals surface area (Å²) >= 11 is 5.93. The van der Waals surface area contributed by atoms with E-state index in [2.05, 4.69) is 9.71 Å². The highest BCUT2D eigenvalue weighted by Crippen LogP contribution is 2.35. The van der Waals surface area contributed by atoms with Crippen LogP contribution in [0.3, 0.4) is 0 Å². The number of carbonyl (C=O) groups excluding carboxylic acids is 1. The first-order valence-corrected chi connectivity index (χ1v) is 12.2. The van der Waals surface area contributed by atoms with Crippen molar-refractivity contribution in [2.24, 2.45) is 10.3 Å². The Balaban J connectivity index is 1.40. The van der Waals surface area contributed by atoms with Gasteiger partial charge in [-0.1, -0.05) is 35.9 Å². The van der Waals surface area contributed by atoms with Crippen LogP contribution in [0.1, 0.15) is 30.9 Å². The molecule has 6 nitrogen and oxygen atoms in total. The minimum Gasteiger partial charge on any atom is -0.356 e. The fourth-order valence-corrected chi connectivity index (χ4v) is 5.68. The molecule has 2 aliphatic rings. The van der Waals surface area contributed by atoms with Gasteiger partial charge in [0.05, 0.1) is 0 Å². The van der Waals surface area contributed by atoms with E-state index in [1.807, 2.05) is 4.90 Å². The van der Waals surface area contributed by atoms with Gasteiger partial charge in [0.1, 0.15) is 16.6 Å². The van der Waals surface area contributed by atoms with Crippen molar-refractivity contribution in [3.05, 3.63) is 76.1 Å². The van der Waals surface area contributed by atoms with Crippen molar-refractivity contribution in [2.75, 3.05) is 13.1 Å². The molecule has 2 aromatic carbocycles. The third-order valence-corrected chi connectivity index (χ3v) is 7.52. The summed E-state index contributed by atoms with van der Waals surface area (Å²) in [4.78, 5) is 14.7. The van der Waals surface area contributed by atoms with Crippen molar-refractivity contribution in [2.45, 2.75) is 26.3 Å². The van der Waals surface area contributed by atoms with Crippen LogP contribution >= 0.6 is 11.6 Å². The number of hydrogen-bond acceptors (Lipinski definition) is 4. The highest BCUT2D eigenvalue weighted by atomic mass is 35.5. The van der Waals surface area contributed by atoms with E-state index in [9.17, 15) is 17.6 Å². The molecule has 0 aromatic heterocycles. The molecule has 1 fully saturated rings. The lowest BCUT2D eigenvalue weighted by Gasteiger charge is -2.32. The van der Waals surface area contributed by atoms with Gasteiger partial charge >= 0.3 is 0 Å². The van der Waals surface area contributed by atoms with Crippen LogP contribution in [0.5, 0.6) is 0 Å². The molecule has 0 spiro atoms. The quantitative estimate of drug-likeness (QED) is 0.725. The van der Waals surface area contributed by atoms with Crippen LogP contribution < -0.4 is 5.32 Å². The molecule has 0 unspecified atom stereocenters. The van der Waals surface area contributed by atoms with E-state index in [4.69, 9.17) is 11.6 Å². The first-order chi connectivity index (χ1) is 15.2. The summed E-state index contributed by atoms with van der Waals surface area (Å²) in [5.74, 6) is -0.0811. The number of amides is 1. The Kier molecular flexibility index (Phi) is 6.35. The lowest BCUT2D eigenvalue weighted by molar-refractivity contribution is -0.126. The molecule has 1 saturated heterocycles. The Morgan fingerprint density at radius 2 is 1.75 bits per heavy atom. The molecule has 0 radical (unpaired) electrons. The van der Waals surface area contributed by atoms with Crippen LogP contribution in [-0.4, -0.2) is 38.2 Å². The van der Waals surface area contributed by atoms with Crippen molar-refractivity contribution >= 4 is 38.3 Å². The fourth-order valence-electron chi connectivity index (χ4n) is 4.07. The maximum Gasteiger partial charge on any atom is 0.285 e. The molecule has 1 amide bonds. The summed E-state index contributed by atoms with van der Waals surface area (Å²) in [6.45, 7) is 3.17. The molecule has 2 aliphatic heterocycles. The standard InChI is InChI=1S/C23H23ClFN3O3S/c1-15-21(17-4-6-19(24)7-5-17)32(30,31)27-22(15)28-12-10-18(11-13-28)23(29)26-14-16-2-8-20(25)9-3-16/h2-9,18H,10-14H2,1H3,(H,26,29). The Morgan fingerprint density at radius 1 is 1.12 bits per heavy atom. The molecular formula is C23H23ClFN3O3S. The number of amidine groups is 1. The third kappa shape index (κ3) is 4.71. The Bertz CT molecular complexity index is 1180. The maximum absolute atomic E-state index is 13.0. The topological polar surface area (TPSA) is 78.8 Å². The zero-order valence-electron chi connectivity index (χ0n) is 17.5. The highest BCUT2D eigenvalue weighted by molar-refractivity contribution is 8.00. The second-order valence-electron chi connectivity index (χ2n) is 7.96. The average molecular weight is 476 g/mol. The van der Waals surface area contributed by atoms with Crippen molar-refractivity contribution < 1.29 is 17.6 Å². The van der Waals surface area contributed by atoms with Gasteiger partial charge in [-0.15, -0.1) is 4.40 Å². The lowest BCUT2D eigenvalue weighted by atomic mass is 9.95. The van der Waals surface area contributed by atoms with Gasteiger partial charge < -0.3 is 10.2 Å². The van der Waals surface area contributed by atoms with Crippen LogP contribution in [0.25, 0.3) is 4.91 Å². The number of hydrogen-bond donors (Lipinski definition) is 1. The minimum absolute atomic E-state index is 0.0518. The Morgan fingerprint density at radius 3 is 2.38 bits per heavy atom. The second kappa shape index (κ2) is 9.03. The number of piperidine rings is 1. The highest BCUT2D eigenvalue weighted by Gasteiger charge is 2.35. The van der Waals surface area contributed by atoms with Crippen molar-refractivity contribution in [3.63, 3.8) is 0 Å². The smallest absolute Gasteiger partial charge is 0.285 e. The van der Waals surface area contributed by atoms with Crippen molar-refractivity contribution in [1.82, 2.24) is 10.2 Å². The summed E-state index contributed by atoms with van der Waals surface area (Å²) in [5, 5.41) is 3.43. The third-order valence-electron chi connectivity index (χ3n) is 5.79. The molecule has 0 aliphatic carbocycles. The van der Waals surface area contributed by atoms with Crippen molar-refractivity contribution in [3.8, 4) is 0 Å². The summed E-state index contributed by atoms with van der Waals surface area (Å²) in [6, 6.07) is 12.7. The largest absolute Gasteiger partial charge is 0.356 e. The van der Waals surface area contributed by atoms with Crippen molar-refractivity contribution in [1.29, 1.82) is 0 Å². The predicted molar refractivity (Wildman–Crippen MR) is 123 cm³/mol. The SMILES string of the molecule is CC1=C(c2ccc(Cl)cc2)S(=O)(=O)N=C1N1CCC(C(=O)NCc2ccc(F)cc2)CC1. The Labute approximate surface area is 191 Å². The number of benzene rings is 2. The monoisotopic (exact) mass is 475 g/mol. The van der Waals surface area contributed by atoms with Gasteiger partial charge in [0.2, 0.25) is 5.91 Å². The van der Waals surface area contributed by atoms with E-state index in [-0.39, 0.29) is 22.5 Å².